The van der Waals surface area contributed by atoms with Crippen molar-refractivity contribution in [2.45, 2.75) is 19.9 Å². The number of aryl methyl sites for hydroxylation is 1. The number of nitrogens with zero attached hydrogens (tertiary/aromatic N) is 1. The number of aliphatic hydroxyl groups is 1. The molecule has 0 aliphatic carbocycles. The number of amides is 1. The molecule has 6 nitrogen and oxygen atoms in total. The number of carbonyl (C=O) groups is 2. The molecule has 0 bridgehead atoms. The van der Waals surface area contributed by atoms with Crippen molar-refractivity contribution in [1.29, 1.82) is 0 Å². The lowest BCUT2D eigenvalue weighted by atomic mass is 9.94. The lowest BCUT2D eigenvalue weighted by Gasteiger charge is -2.25. The van der Waals surface area contributed by atoms with Gasteiger partial charge in [0, 0.05) is 5.69 Å². The molecule has 1 aliphatic heterocycles. The third-order valence-corrected chi connectivity index (χ3v) is 5.60. The first kappa shape index (κ1) is 22.1. The quantitative estimate of drug-likeness (QED) is 0.329. The molecular formula is C27H25NO5. The molecule has 0 saturated carbocycles. The molecule has 0 radical (unpaired) electrons. The van der Waals surface area contributed by atoms with Gasteiger partial charge in [-0.15, -0.1) is 0 Å². The average Bonchev–Trinajstić information content (AvgIpc) is 3.10. The van der Waals surface area contributed by atoms with E-state index in [4.69, 9.17) is 9.47 Å². The molecule has 4 rings (SSSR count). The third-order valence-electron chi connectivity index (χ3n) is 5.60. The summed E-state index contributed by atoms with van der Waals surface area (Å²) >= 11 is 0. The fraction of sp³-hybridized carbons (Fsp3) is 0.185. The minimum absolute atomic E-state index is 0.0176. The Morgan fingerprint density at radius 2 is 1.70 bits per heavy atom. The van der Waals surface area contributed by atoms with Crippen molar-refractivity contribution in [2.24, 2.45) is 0 Å². The predicted molar refractivity (Wildman–Crippen MR) is 127 cm³/mol. The minimum Gasteiger partial charge on any atom is -0.507 e. The number of anilines is 1. The van der Waals surface area contributed by atoms with Crippen LogP contribution >= 0.6 is 0 Å². The van der Waals surface area contributed by atoms with Gasteiger partial charge in [-0.25, -0.2) is 0 Å². The van der Waals surface area contributed by atoms with Crippen LogP contribution in [0.25, 0.3) is 5.76 Å². The maximum atomic E-state index is 13.3. The maximum Gasteiger partial charge on any atom is 0.300 e. The second kappa shape index (κ2) is 9.20. The number of hydrogen-bond donors (Lipinski definition) is 1. The highest BCUT2D eigenvalue weighted by Gasteiger charge is 2.47. The number of carbonyl (C=O) groups excluding carboxylic acids is 2. The number of methoxy groups -OCH3 is 1. The number of rotatable bonds is 6. The van der Waals surface area contributed by atoms with Gasteiger partial charge in [0.25, 0.3) is 11.7 Å². The number of ether oxygens (including phenoxy) is 2. The summed E-state index contributed by atoms with van der Waals surface area (Å²) in [5, 5.41) is 11.3. The number of hydrogen-bond acceptors (Lipinski definition) is 5. The van der Waals surface area contributed by atoms with Crippen LogP contribution < -0.4 is 14.4 Å². The SMILES string of the molecule is CCOc1ccc(N2C(=O)C(=O)/C(=C(/O)c3cc(C)ccc3OC)C2c2ccccc2)cc1. The summed E-state index contributed by atoms with van der Waals surface area (Å²) < 4.78 is 10.9. The van der Waals surface area contributed by atoms with E-state index in [2.05, 4.69) is 0 Å². The molecule has 6 heteroatoms. The molecule has 1 amide bonds. The number of benzene rings is 3. The fourth-order valence-corrected chi connectivity index (χ4v) is 4.07. The molecule has 168 valence electrons. The number of aliphatic hydroxyl groups excluding tert-OH is 1. The van der Waals surface area contributed by atoms with E-state index in [0.717, 1.165) is 5.56 Å². The van der Waals surface area contributed by atoms with E-state index >= 15 is 0 Å². The van der Waals surface area contributed by atoms with Gasteiger partial charge in [-0.1, -0.05) is 42.0 Å². The van der Waals surface area contributed by atoms with Crippen LogP contribution in [0.4, 0.5) is 5.69 Å². The molecule has 1 atom stereocenters. The van der Waals surface area contributed by atoms with Gasteiger partial charge in [-0.2, -0.15) is 0 Å². The zero-order valence-corrected chi connectivity index (χ0v) is 18.7. The molecule has 0 aromatic heterocycles. The summed E-state index contributed by atoms with van der Waals surface area (Å²) in [5.74, 6) is -0.646. The molecule has 33 heavy (non-hydrogen) atoms. The Hall–Kier alpha value is -4.06. The normalized spacial score (nSPS) is 17.3. The number of ketones is 1. The zero-order valence-electron chi connectivity index (χ0n) is 18.7. The van der Waals surface area contributed by atoms with Gasteiger partial charge < -0.3 is 14.6 Å². The molecule has 3 aromatic carbocycles. The van der Waals surface area contributed by atoms with Crippen molar-refractivity contribution in [2.75, 3.05) is 18.6 Å². The van der Waals surface area contributed by atoms with Crippen LogP contribution in [-0.2, 0) is 9.59 Å². The lowest BCUT2D eigenvalue weighted by Crippen LogP contribution is -2.29. The van der Waals surface area contributed by atoms with Crippen LogP contribution in [0, 0.1) is 6.92 Å². The largest absolute Gasteiger partial charge is 0.507 e. The average molecular weight is 443 g/mol. The molecule has 1 heterocycles. The van der Waals surface area contributed by atoms with Gasteiger partial charge in [0.05, 0.1) is 30.9 Å². The van der Waals surface area contributed by atoms with E-state index in [0.29, 0.717) is 34.9 Å². The van der Waals surface area contributed by atoms with Crippen molar-refractivity contribution < 1.29 is 24.2 Å². The van der Waals surface area contributed by atoms with E-state index in [1.807, 2.05) is 50.2 Å². The van der Waals surface area contributed by atoms with Gasteiger partial charge in [0.1, 0.15) is 17.3 Å². The minimum atomic E-state index is -0.797. The van der Waals surface area contributed by atoms with E-state index in [-0.39, 0.29) is 11.3 Å². The van der Waals surface area contributed by atoms with Crippen LogP contribution in [-0.4, -0.2) is 30.5 Å². The molecule has 1 saturated heterocycles. The van der Waals surface area contributed by atoms with Crippen LogP contribution in [0.3, 0.4) is 0 Å². The zero-order chi connectivity index (χ0) is 23.5. The summed E-state index contributed by atoms with van der Waals surface area (Å²) in [5.41, 5.74) is 2.50. The summed E-state index contributed by atoms with van der Waals surface area (Å²) in [6.07, 6.45) is 0. The van der Waals surface area contributed by atoms with Gasteiger partial charge in [-0.3, -0.25) is 14.5 Å². The second-order valence-corrected chi connectivity index (χ2v) is 7.71. The standard InChI is InChI=1S/C27H25NO5/c1-4-33-20-13-11-19(12-14-20)28-24(18-8-6-5-7-9-18)23(26(30)27(28)31)25(29)21-16-17(2)10-15-22(21)32-3/h5-16,24,29H,4H2,1-3H3/b25-23+. The van der Waals surface area contributed by atoms with Crippen molar-refractivity contribution in [3.05, 3.63) is 95.1 Å². The molecule has 1 fully saturated rings. The Labute approximate surface area is 192 Å². The Balaban J connectivity index is 1.92. The third kappa shape index (κ3) is 4.07. The van der Waals surface area contributed by atoms with Crippen molar-refractivity contribution in [1.82, 2.24) is 0 Å². The molecule has 1 unspecified atom stereocenters. The Morgan fingerprint density at radius 1 is 1.00 bits per heavy atom. The van der Waals surface area contributed by atoms with Crippen LogP contribution in [0.1, 0.15) is 29.7 Å². The van der Waals surface area contributed by atoms with E-state index in [9.17, 15) is 14.7 Å². The maximum absolute atomic E-state index is 13.3. The summed E-state index contributed by atoms with van der Waals surface area (Å²) in [6, 6.07) is 20.7. The molecule has 1 aliphatic rings. The van der Waals surface area contributed by atoms with Crippen molar-refractivity contribution in [3.63, 3.8) is 0 Å². The Kier molecular flexibility index (Phi) is 6.18. The van der Waals surface area contributed by atoms with E-state index in [1.165, 1.54) is 12.0 Å². The Morgan fingerprint density at radius 3 is 2.33 bits per heavy atom. The van der Waals surface area contributed by atoms with Crippen molar-refractivity contribution in [3.8, 4) is 11.5 Å². The summed E-state index contributed by atoms with van der Waals surface area (Å²) in [4.78, 5) is 27.9. The van der Waals surface area contributed by atoms with Crippen LogP contribution in [0.15, 0.2) is 78.4 Å². The topological polar surface area (TPSA) is 76.1 Å². The van der Waals surface area contributed by atoms with Crippen molar-refractivity contribution >= 4 is 23.1 Å². The van der Waals surface area contributed by atoms with Gasteiger partial charge in [0.2, 0.25) is 0 Å². The smallest absolute Gasteiger partial charge is 0.300 e. The van der Waals surface area contributed by atoms with Gasteiger partial charge >= 0.3 is 0 Å². The summed E-state index contributed by atoms with van der Waals surface area (Å²) in [7, 11) is 1.49. The first-order chi connectivity index (χ1) is 16.0. The van der Waals surface area contributed by atoms with Gasteiger partial charge in [0.15, 0.2) is 0 Å². The van der Waals surface area contributed by atoms with Crippen LogP contribution in [0.5, 0.6) is 11.5 Å². The summed E-state index contributed by atoms with van der Waals surface area (Å²) in [6.45, 7) is 4.29. The highest BCUT2D eigenvalue weighted by atomic mass is 16.5. The molecule has 3 aromatic rings. The Bertz CT molecular complexity index is 1220. The second-order valence-electron chi connectivity index (χ2n) is 7.71. The molecule has 0 spiro atoms. The highest BCUT2D eigenvalue weighted by Crippen LogP contribution is 2.43. The lowest BCUT2D eigenvalue weighted by molar-refractivity contribution is -0.132. The first-order valence-electron chi connectivity index (χ1n) is 10.7. The molecular weight excluding hydrogens is 418 g/mol. The molecule has 1 N–H and O–H groups in total. The predicted octanol–water partition coefficient (Wildman–Crippen LogP) is 5.03. The van der Waals surface area contributed by atoms with E-state index in [1.54, 1.807) is 36.4 Å². The van der Waals surface area contributed by atoms with Crippen LogP contribution in [0.2, 0.25) is 0 Å². The monoisotopic (exact) mass is 443 g/mol. The van der Waals surface area contributed by atoms with Gasteiger partial charge in [-0.05, 0) is 55.8 Å². The number of Topliss-reactive ketones (excluding diaryl/α,β-unsaturated/α-hetero) is 1. The van der Waals surface area contributed by atoms with E-state index < -0.39 is 17.7 Å². The fourth-order valence-electron chi connectivity index (χ4n) is 4.07. The highest BCUT2D eigenvalue weighted by molar-refractivity contribution is 6.51. The first-order valence-corrected chi connectivity index (χ1v) is 10.7.